The van der Waals surface area contributed by atoms with Gasteiger partial charge in [-0.3, -0.25) is 9.59 Å². The molecule has 39 heavy (non-hydrogen) atoms. The summed E-state index contributed by atoms with van der Waals surface area (Å²) in [5.41, 5.74) is 3.31. The first-order valence-corrected chi connectivity index (χ1v) is 13.3. The highest BCUT2D eigenvalue weighted by Crippen LogP contribution is 2.29. The lowest BCUT2D eigenvalue weighted by Gasteiger charge is -2.37. The summed E-state index contributed by atoms with van der Waals surface area (Å²) in [6.45, 7) is 6.79. The van der Waals surface area contributed by atoms with E-state index in [1.165, 1.54) is 0 Å². The molecular formula is C32H35N5O2. The number of imidazole rings is 1. The molecule has 3 aromatic carbocycles. The average molecular weight is 522 g/mol. The molecule has 0 bridgehead atoms. The molecule has 1 heterocycles. The van der Waals surface area contributed by atoms with Crippen molar-refractivity contribution < 1.29 is 9.59 Å². The highest BCUT2D eigenvalue weighted by Gasteiger charge is 2.29. The van der Waals surface area contributed by atoms with Gasteiger partial charge in [0.2, 0.25) is 11.8 Å². The van der Waals surface area contributed by atoms with Crippen LogP contribution >= 0.6 is 0 Å². The third-order valence-electron chi connectivity index (χ3n) is 7.57. The molecule has 0 aliphatic heterocycles. The van der Waals surface area contributed by atoms with E-state index in [1.54, 1.807) is 41.4 Å². The number of amides is 2. The Morgan fingerprint density at radius 2 is 1.77 bits per heavy atom. The van der Waals surface area contributed by atoms with Crippen LogP contribution in [0.3, 0.4) is 0 Å². The number of fused-ring (bicyclic) bond motifs is 1. The molecule has 0 radical (unpaired) electrons. The standard InChI is InChI=1S/C32H35N5O2/c1-5-23(2)31(21-37(24(3)38)30-12-8-10-27-9-6-7-11-29(27)30)35(4)32(39)17-28-19-34-22-36(28)20-26-15-13-25(18-33)14-16-26/h6-16,19,22-23,31H,5,17,20-21H2,1-4H3/t23-,31+/m0/s1. The SMILES string of the molecule is CC[C@H](C)[C@@H](CN(C(C)=O)c1cccc2ccccc12)N(C)C(=O)Cc1cncn1Cc1ccc(C#N)cc1. The summed E-state index contributed by atoms with van der Waals surface area (Å²) in [6.07, 6.45) is 4.53. The van der Waals surface area contributed by atoms with Crippen LogP contribution < -0.4 is 4.90 Å². The van der Waals surface area contributed by atoms with Gasteiger partial charge in [0.05, 0.1) is 36.1 Å². The van der Waals surface area contributed by atoms with Crippen LogP contribution in [0.15, 0.2) is 79.3 Å². The Hall–Kier alpha value is -4.44. The Morgan fingerprint density at radius 3 is 2.46 bits per heavy atom. The minimum absolute atomic E-state index is 0.0247. The van der Waals surface area contributed by atoms with Gasteiger partial charge in [0.25, 0.3) is 0 Å². The second kappa shape index (κ2) is 12.4. The highest BCUT2D eigenvalue weighted by molar-refractivity contribution is 6.03. The number of hydrogen-bond acceptors (Lipinski definition) is 4. The second-order valence-corrected chi connectivity index (χ2v) is 10.1. The third kappa shape index (κ3) is 6.35. The number of carbonyl (C=O) groups excluding carboxylic acids is 2. The number of anilines is 1. The van der Waals surface area contributed by atoms with Crippen molar-refractivity contribution in [2.75, 3.05) is 18.5 Å². The van der Waals surface area contributed by atoms with E-state index in [1.807, 2.05) is 66.2 Å². The van der Waals surface area contributed by atoms with Crippen molar-refractivity contribution in [3.8, 4) is 6.07 Å². The van der Waals surface area contributed by atoms with Crippen LogP contribution in [0.25, 0.3) is 10.8 Å². The van der Waals surface area contributed by atoms with E-state index < -0.39 is 0 Å². The van der Waals surface area contributed by atoms with Gasteiger partial charge in [0, 0.05) is 44.3 Å². The molecule has 200 valence electrons. The van der Waals surface area contributed by atoms with Crippen molar-refractivity contribution in [3.63, 3.8) is 0 Å². The summed E-state index contributed by atoms with van der Waals surface area (Å²) in [5.74, 6) is 0.101. The molecule has 0 fully saturated rings. The molecule has 7 nitrogen and oxygen atoms in total. The van der Waals surface area contributed by atoms with Crippen LogP contribution in [0.5, 0.6) is 0 Å². The van der Waals surface area contributed by atoms with E-state index in [4.69, 9.17) is 5.26 Å². The molecule has 0 aliphatic rings. The molecule has 0 saturated heterocycles. The lowest BCUT2D eigenvalue weighted by atomic mass is 9.96. The Bertz CT molecular complexity index is 1480. The van der Waals surface area contributed by atoms with Crippen LogP contribution in [0, 0.1) is 17.2 Å². The fourth-order valence-corrected chi connectivity index (χ4v) is 4.97. The number of benzene rings is 3. The zero-order valence-electron chi connectivity index (χ0n) is 23.0. The van der Waals surface area contributed by atoms with Gasteiger partial charge in [-0.2, -0.15) is 5.26 Å². The molecule has 1 aromatic heterocycles. The average Bonchev–Trinajstić information content (AvgIpc) is 3.39. The Labute approximate surface area is 230 Å². The molecule has 0 N–H and O–H groups in total. The Morgan fingerprint density at radius 1 is 1.05 bits per heavy atom. The summed E-state index contributed by atoms with van der Waals surface area (Å²) >= 11 is 0. The van der Waals surface area contributed by atoms with Crippen molar-refractivity contribution in [2.45, 2.75) is 46.2 Å². The minimum Gasteiger partial charge on any atom is -0.340 e. The summed E-state index contributed by atoms with van der Waals surface area (Å²) < 4.78 is 1.96. The van der Waals surface area contributed by atoms with Crippen molar-refractivity contribution >= 4 is 28.3 Å². The predicted octanol–water partition coefficient (Wildman–Crippen LogP) is 5.42. The predicted molar refractivity (Wildman–Crippen MR) is 154 cm³/mol. The highest BCUT2D eigenvalue weighted by atomic mass is 16.2. The molecule has 2 amide bonds. The first kappa shape index (κ1) is 27.6. The lowest BCUT2D eigenvalue weighted by Crippen LogP contribution is -2.50. The zero-order chi connectivity index (χ0) is 27.9. The molecule has 7 heteroatoms. The molecular weight excluding hydrogens is 486 g/mol. The number of rotatable bonds is 10. The molecule has 0 unspecified atom stereocenters. The summed E-state index contributed by atoms with van der Waals surface area (Å²) in [4.78, 5) is 34.4. The van der Waals surface area contributed by atoms with Crippen LogP contribution in [0.1, 0.15) is 44.0 Å². The van der Waals surface area contributed by atoms with E-state index in [0.717, 1.165) is 34.1 Å². The van der Waals surface area contributed by atoms with Gasteiger partial charge < -0.3 is 14.4 Å². The normalized spacial score (nSPS) is 12.5. The topological polar surface area (TPSA) is 82.2 Å². The molecule has 2 atom stereocenters. The van der Waals surface area contributed by atoms with Crippen LogP contribution in [0.2, 0.25) is 0 Å². The maximum absolute atomic E-state index is 13.6. The largest absolute Gasteiger partial charge is 0.340 e. The Balaban J connectivity index is 1.54. The number of hydrogen-bond donors (Lipinski definition) is 0. The van der Waals surface area contributed by atoms with E-state index >= 15 is 0 Å². The second-order valence-electron chi connectivity index (χ2n) is 10.1. The lowest BCUT2D eigenvalue weighted by molar-refractivity contribution is -0.132. The van der Waals surface area contributed by atoms with Crippen molar-refractivity contribution in [2.24, 2.45) is 5.92 Å². The number of nitriles is 1. The molecule has 0 spiro atoms. The van der Waals surface area contributed by atoms with Crippen LogP contribution in [-0.2, 0) is 22.6 Å². The van der Waals surface area contributed by atoms with Gasteiger partial charge in [-0.05, 0) is 35.1 Å². The third-order valence-corrected chi connectivity index (χ3v) is 7.57. The number of likely N-dealkylation sites (N-methyl/N-ethyl adjacent to an activating group) is 1. The zero-order valence-corrected chi connectivity index (χ0v) is 23.0. The molecule has 0 aliphatic carbocycles. The first-order chi connectivity index (χ1) is 18.8. The maximum atomic E-state index is 13.6. The minimum atomic E-state index is -0.166. The monoisotopic (exact) mass is 521 g/mol. The van der Waals surface area contributed by atoms with Gasteiger partial charge >= 0.3 is 0 Å². The van der Waals surface area contributed by atoms with E-state index in [-0.39, 0.29) is 30.2 Å². The summed E-state index contributed by atoms with van der Waals surface area (Å²) in [7, 11) is 1.84. The van der Waals surface area contributed by atoms with Gasteiger partial charge in [0.1, 0.15) is 0 Å². The van der Waals surface area contributed by atoms with E-state index in [9.17, 15) is 9.59 Å². The van der Waals surface area contributed by atoms with Crippen molar-refractivity contribution in [1.82, 2.24) is 14.5 Å². The molecule has 0 saturated carbocycles. The number of aromatic nitrogens is 2. The molecule has 4 rings (SSSR count). The smallest absolute Gasteiger partial charge is 0.228 e. The van der Waals surface area contributed by atoms with E-state index in [0.29, 0.717) is 18.7 Å². The van der Waals surface area contributed by atoms with Gasteiger partial charge in [-0.15, -0.1) is 0 Å². The van der Waals surface area contributed by atoms with Gasteiger partial charge in [0.15, 0.2) is 0 Å². The maximum Gasteiger partial charge on any atom is 0.228 e. The quantitative estimate of drug-likeness (QED) is 0.279. The summed E-state index contributed by atoms with van der Waals surface area (Å²) in [5, 5.41) is 11.1. The first-order valence-electron chi connectivity index (χ1n) is 13.3. The van der Waals surface area contributed by atoms with Crippen molar-refractivity contribution in [3.05, 3.63) is 96.1 Å². The number of carbonyl (C=O) groups is 2. The van der Waals surface area contributed by atoms with Crippen LogP contribution in [0.4, 0.5) is 5.69 Å². The fraction of sp³-hybridized carbons (Fsp3) is 0.312. The van der Waals surface area contributed by atoms with E-state index in [2.05, 4.69) is 24.9 Å². The van der Waals surface area contributed by atoms with Crippen molar-refractivity contribution in [1.29, 1.82) is 5.26 Å². The Kier molecular flexibility index (Phi) is 8.77. The summed E-state index contributed by atoms with van der Waals surface area (Å²) in [6, 6.07) is 23.4. The fourth-order valence-electron chi connectivity index (χ4n) is 4.97. The van der Waals surface area contributed by atoms with Gasteiger partial charge in [-0.25, -0.2) is 4.98 Å². The van der Waals surface area contributed by atoms with Gasteiger partial charge in [-0.1, -0.05) is 68.8 Å². The van der Waals surface area contributed by atoms with Crippen LogP contribution in [-0.4, -0.2) is 45.9 Å². The molecule has 4 aromatic rings. The number of nitrogens with zero attached hydrogens (tertiary/aromatic N) is 5.